The van der Waals surface area contributed by atoms with Crippen molar-refractivity contribution in [3.8, 4) is 0 Å². The second-order valence-corrected chi connectivity index (χ2v) is 19.6. The molecular weight excluding hydrogens is 833 g/mol. The van der Waals surface area contributed by atoms with Crippen LogP contribution < -0.4 is 0 Å². The van der Waals surface area contributed by atoms with E-state index in [0.717, 1.165) is 90.6 Å². The van der Waals surface area contributed by atoms with Crippen LogP contribution in [0.1, 0.15) is 298 Å². The minimum Gasteiger partial charge on any atom is -0.353 e. The zero-order valence-electron chi connectivity index (χ0n) is 46.0. The Morgan fingerprint density at radius 2 is 0.463 bits per heavy atom. The summed E-state index contributed by atoms with van der Waals surface area (Å²) in [5.74, 6) is 0. The van der Waals surface area contributed by atoms with Gasteiger partial charge in [0.2, 0.25) is 0 Å². The van der Waals surface area contributed by atoms with E-state index in [-0.39, 0.29) is 12.6 Å². The topological polar surface area (TPSA) is 64.6 Å². The largest absolute Gasteiger partial charge is 0.353 e. The van der Waals surface area contributed by atoms with Gasteiger partial charge >= 0.3 is 0 Å². The van der Waals surface area contributed by atoms with Gasteiger partial charge in [0.1, 0.15) is 0 Å². The fourth-order valence-corrected chi connectivity index (χ4v) is 8.27. The van der Waals surface area contributed by atoms with Crippen molar-refractivity contribution >= 4 is 0 Å². The molecule has 0 aromatic carbocycles. The number of hydrogen-bond acceptors (Lipinski definition) is 7. The Kier molecular flexibility index (Phi) is 57.1. The van der Waals surface area contributed by atoms with E-state index < -0.39 is 12.6 Å². The van der Waals surface area contributed by atoms with Gasteiger partial charge in [-0.2, -0.15) is 0 Å². The zero-order valence-corrected chi connectivity index (χ0v) is 46.0. The van der Waals surface area contributed by atoms with E-state index in [1.54, 1.807) is 0 Å². The molecule has 0 saturated heterocycles. The average Bonchev–Trinajstić information content (AvgIpc) is 3.33. The molecule has 7 nitrogen and oxygen atoms in total. The summed E-state index contributed by atoms with van der Waals surface area (Å²) < 4.78 is 45.1. The summed E-state index contributed by atoms with van der Waals surface area (Å²) in [6, 6.07) is 0. The molecule has 0 aromatic rings. The summed E-state index contributed by atoms with van der Waals surface area (Å²) in [5, 5.41) is 0. The molecule has 0 fully saturated rings. The second-order valence-electron chi connectivity index (χ2n) is 19.6. The molecule has 0 bridgehead atoms. The minimum atomic E-state index is -0.491. The lowest BCUT2D eigenvalue weighted by Gasteiger charge is -2.22. The highest BCUT2D eigenvalue weighted by atomic mass is 16.8. The predicted molar refractivity (Wildman–Crippen MR) is 289 cm³/mol. The molecule has 0 radical (unpaired) electrons. The van der Waals surface area contributed by atoms with Crippen LogP contribution in [0, 0.1) is 0 Å². The first-order valence-electron chi connectivity index (χ1n) is 29.8. The summed E-state index contributed by atoms with van der Waals surface area (Å²) in [6.07, 6.45) is 55.7. The Morgan fingerprint density at radius 1 is 0.254 bits per heavy atom. The molecule has 67 heavy (non-hydrogen) atoms. The SMILES string of the molecule is CCCCCCCCCCOC(C=CCCC(OCCCCCCC)OCCCCCCC)OC(C=CCCC(OCCCCCCC)OCCCCCCC)OCCCCCCCCCC. The van der Waals surface area contributed by atoms with Gasteiger partial charge in [0.25, 0.3) is 0 Å². The van der Waals surface area contributed by atoms with E-state index in [2.05, 4.69) is 65.8 Å². The van der Waals surface area contributed by atoms with E-state index in [1.807, 2.05) is 0 Å². The molecule has 0 N–H and O–H groups in total. The van der Waals surface area contributed by atoms with Crippen molar-refractivity contribution in [1.82, 2.24) is 0 Å². The molecular formula is C60H118O7. The maximum atomic E-state index is 6.71. The van der Waals surface area contributed by atoms with Crippen LogP contribution >= 0.6 is 0 Å². The molecule has 7 heteroatoms. The second kappa shape index (κ2) is 57.8. The Hall–Kier alpha value is -0.800. The summed E-state index contributed by atoms with van der Waals surface area (Å²) in [7, 11) is 0. The van der Waals surface area contributed by atoms with E-state index in [9.17, 15) is 0 Å². The van der Waals surface area contributed by atoms with Gasteiger partial charge in [0.05, 0.1) is 13.2 Å². The molecule has 0 spiro atoms. The monoisotopic (exact) mass is 951 g/mol. The Labute approximate surface area is 419 Å². The maximum Gasteiger partial charge on any atom is 0.180 e. The third-order valence-electron chi connectivity index (χ3n) is 12.8. The molecule has 2 atom stereocenters. The van der Waals surface area contributed by atoms with Gasteiger partial charge < -0.3 is 33.2 Å². The fourth-order valence-electron chi connectivity index (χ4n) is 8.27. The van der Waals surface area contributed by atoms with Crippen LogP contribution in [0.3, 0.4) is 0 Å². The van der Waals surface area contributed by atoms with Crippen molar-refractivity contribution in [2.75, 3.05) is 39.6 Å². The molecule has 0 rings (SSSR count). The molecule has 0 aromatic heterocycles. The van der Waals surface area contributed by atoms with Crippen LogP contribution in [0.2, 0.25) is 0 Å². The predicted octanol–water partition coefficient (Wildman–Crippen LogP) is 19.2. The van der Waals surface area contributed by atoms with Crippen LogP contribution in [0.15, 0.2) is 24.3 Å². The summed E-state index contributed by atoms with van der Waals surface area (Å²) in [6.45, 7) is 18.1. The first-order chi connectivity index (χ1) is 33.1. The van der Waals surface area contributed by atoms with Crippen molar-refractivity contribution in [3.63, 3.8) is 0 Å². The van der Waals surface area contributed by atoms with Crippen molar-refractivity contribution in [3.05, 3.63) is 24.3 Å². The van der Waals surface area contributed by atoms with Gasteiger partial charge in [-0.15, -0.1) is 0 Å². The lowest BCUT2D eigenvalue weighted by atomic mass is 10.1. The lowest BCUT2D eigenvalue weighted by Crippen LogP contribution is -2.25. The molecule has 0 amide bonds. The Bertz CT molecular complexity index is 853. The van der Waals surface area contributed by atoms with E-state index in [1.165, 1.54) is 193 Å². The summed E-state index contributed by atoms with van der Waals surface area (Å²) >= 11 is 0. The van der Waals surface area contributed by atoms with E-state index >= 15 is 0 Å². The van der Waals surface area contributed by atoms with E-state index in [4.69, 9.17) is 33.2 Å². The standard InChI is InChI=1S/C60H118O7/c1-7-13-19-25-27-29-35-45-55-65-59(49-39-37-47-57(61-51-41-31-21-15-9-3)62-52-42-32-22-16-10-4)67-60(66-56-46-36-30-28-26-20-14-8-2)50-40-38-48-58(63-53-43-33-23-17-11-5)64-54-44-34-24-18-12-6/h39-40,49-50,57-60H,7-38,41-48,51-56H2,1-6H3. The van der Waals surface area contributed by atoms with Crippen LogP contribution in [-0.4, -0.2) is 64.8 Å². The smallest absolute Gasteiger partial charge is 0.180 e. The lowest BCUT2D eigenvalue weighted by molar-refractivity contribution is -0.208. The molecule has 0 aliphatic rings. The number of unbranched alkanes of at least 4 members (excludes halogenated alkanes) is 30. The summed E-state index contributed by atoms with van der Waals surface area (Å²) in [4.78, 5) is 0. The van der Waals surface area contributed by atoms with Crippen molar-refractivity contribution in [2.45, 2.75) is 324 Å². The fraction of sp³-hybridized carbons (Fsp3) is 0.933. The van der Waals surface area contributed by atoms with E-state index in [0.29, 0.717) is 13.2 Å². The van der Waals surface area contributed by atoms with Gasteiger partial charge in [-0.1, -0.05) is 246 Å². The molecule has 0 aliphatic heterocycles. The van der Waals surface area contributed by atoms with Crippen LogP contribution in [0.25, 0.3) is 0 Å². The molecule has 0 aliphatic carbocycles. The van der Waals surface area contributed by atoms with Gasteiger partial charge in [-0.05, 0) is 63.5 Å². The maximum absolute atomic E-state index is 6.71. The van der Waals surface area contributed by atoms with Gasteiger partial charge in [0.15, 0.2) is 25.2 Å². The highest BCUT2D eigenvalue weighted by Gasteiger charge is 2.16. The molecule has 0 heterocycles. The third kappa shape index (κ3) is 51.4. The minimum absolute atomic E-state index is 0.177. The average molecular weight is 952 g/mol. The van der Waals surface area contributed by atoms with Gasteiger partial charge in [0, 0.05) is 39.3 Å². The number of rotatable bonds is 58. The van der Waals surface area contributed by atoms with Crippen molar-refractivity contribution in [1.29, 1.82) is 0 Å². The molecule has 0 saturated carbocycles. The van der Waals surface area contributed by atoms with Crippen LogP contribution in [0.4, 0.5) is 0 Å². The van der Waals surface area contributed by atoms with Gasteiger partial charge in [-0.3, -0.25) is 0 Å². The highest BCUT2D eigenvalue weighted by Crippen LogP contribution is 2.17. The Morgan fingerprint density at radius 3 is 0.701 bits per heavy atom. The molecule has 400 valence electrons. The third-order valence-corrected chi connectivity index (χ3v) is 12.8. The summed E-state index contributed by atoms with van der Waals surface area (Å²) in [5.41, 5.74) is 0. The molecule has 2 unspecified atom stereocenters. The van der Waals surface area contributed by atoms with Gasteiger partial charge in [-0.25, -0.2) is 0 Å². The first-order valence-corrected chi connectivity index (χ1v) is 29.8. The highest BCUT2D eigenvalue weighted by molar-refractivity contribution is 4.90. The Balaban J connectivity index is 5.83. The number of allylic oxidation sites excluding steroid dienone is 2. The zero-order chi connectivity index (χ0) is 48.6. The quantitative estimate of drug-likeness (QED) is 0.0342. The van der Waals surface area contributed by atoms with Crippen LogP contribution in [0.5, 0.6) is 0 Å². The van der Waals surface area contributed by atoms with Crippen LogP contribution in [-0.2, 0) is 33.2 Å². The normalized spacial score (nSPS) is 13.1. The number of hydrogen-bond donors (Lipinski definition) is 0. The van der Waals surface area contributed by atoms with Crippen molar-refractivity contribution in [2.24, 2.45) is 0 Å². The van der Waals surface area contributed by atoms with Crippen molar-refractivity contribution < 1.29 is 33.2 Å². The first kappa shape index (κ1) is 66.2. The number of ether oxygens (including phenoxy) is 7.